The number of hydrogen-bond acceptors (Lipinski definition) is 1. The Bertz CT molecular complexity index is 439. The molecule has 1 saturated carbocycles. The molecule has 2 rings (SSSR count). The Hall–Kier alpha value is -0.540. The molecule has 0 unspecified atom stereocenters. The Morgan fingerprint density at radius 2 is 1.94 bits per heavy atom. The zero-order chi connectivity index (χ0) is 12.5. The molecule has 0 bridgehead atoms. The van der Waals surface area contributed by atoms with Crippen LogP contribution >= 0.6 is 27.5 Å². The minimum atomic E-state index is -0.782. The Kier molecular flexibility index (Phi) is 3.79. The first kappa shape index (κ1) is 12.9. The molecular formula is C13H14BrClO2. The minimum Gasteiger partial charge on any atom is -0.481 e. The summed E-state index contributed by atoms with van der Waals surface area (Å²) < 4.78 is 0.877. The predicted molar refractivity (Wildman–Crippen MR) is 71.6 cm³/mol. The van der Waals surface area contributed by atoms with Gasteiger partial charge in [0, 0.05) is 9.50 Å². The normalized spacial score (nSPS) is 18.9. The van der Waals surface area contributed by atoms with Crippen LogP contribution in [0.1, 0.15) is 37.7 Å². The van der Waals surface area contributed by atoms with E-state index in [1.165, 1.54) is 0 Å². The van der Waals surface area contributed by atoms with Gasteiger partial charge in [0.25, 0.3) is 0 Å². The van der Waals surface area contributed by atoms with Crippen LogP contribution in [0.3, 0.4) is 0 Å². The van der Waals surface area contributed by atoms with Gasteiger partial charge in [0.15, 0.2) is 0 Å². The van der Waals surface area contributed by atoms with Crippen LogP contribution in [0.2, 0.25) is 5.02 Å². The van der Waals surface area contributed by atoms with Gasteiger partial charge >= 0.3 is 5.97 Å². The van der Waals surface area contributed by atoms with E-state index in [0.717, 1.165) is 29.3 Å². The quantitative estimate of drug-likeness (QED) is 0.878. The molecular weight excluding hydrogens is 303 g/mol. The van der Waals surface area contributed by atoms with E-state index in [-0.39, 0.29) is 0 Å². The second kappa shape index (κ2) is 4.99. The first-order chi connectivity index (χ1) is 8.06. The maximum Gasteiger partial charge on any atom is 0.314 e. The van der Waals surface area contributed by atoms with E-state index in [4.69, 9.17) is 11.6 Å². The van der Waals surface area contributed by atoms with Crippen LogP contribution in [0.15, 0.2) is 22.7 Å². The molecule has 1 aromatic rings. The maximum atomic E-state index is 11.6. The standard InChI is InChI=1S/C13H14BrClO2/c14-9-4-5-10(11(15)8-9)13(12(16)17)6-2-1-3-7-13/h4-5,8H,1-3,6-7H2,(H,16,17). The number of aliphatic carboxylic acids is 1. The van der Waals surface area contributed by atoms with Crippen LogP contribution in [0, 0.1) is 0 Å². The molecule has 0 saturated heterocycles. The van der Waals surface area contributed by atoms with Crippen LogP contribution in [0.5, 0.6) is 0 Å². The molecule has 1 aliphatic carbocycles. The van der Waals surface area contributed by atoms with Crippen LogP contribution in [0.4, 0.5) is 0 Å². The highest BCUT2D eigenvalue weighted by atomic mass is 79.9. The maximum absolute atomic E-state index is 11.6. The Labute approximate surface area is 114 Å². The van der Waals surface area contributed by atoms with E-state index in [2.05, 4.69) is 15.9 Å². The molecule has 0 radical (unpaired) electrons. The molecule has 0 atom stereocenters. The topological polar surface area (TPSA) is 37.3 Å². The Balaban J connectivity index is 2.49. The van der Waals surface area contributed by atoms with Gasteiger partial charge in [-0.3, -0.25) is 4.79 Å². The third kappa shape index (κ3) is 2.36. The summed E-state index contributed by atoms with van der Waals surface area (Å²) in [5.41, 5.74) is -0.0229. The molecule has 92 valence electrons. The van der Waals surface area contributed by atoms with Crippen LogP contribution in [-0.4, -0.2) is 11.1 Å². The van der Waals surface area contributed by atoms with Crippen molar-refractivity contribution in [3.8, 4) is 0 Å². The van der Waals surface area contributed by atoms with E-state index in [9.17, 15) is 9.90 Å². The van der Waals surface area contributed by atoms with E-state index in [1.54, 1.807) is 6.07 Å². The molecule has 0 spiro atoms. The Morgan fingerprint density at radius 1 is 1.29 bits per heavy atom. The number of benzene rings is 1. The zero-order valence-electron chi connectivity index (χ0n) is 9.38. The lowest BCUT2D eigenvalue weighted by Crippen LogP contribution is -2.38. The van der Waals surface area contributed by atoms with Gasteiger partial charge in [-0.05, 0) is 30.5 Å². The number of hydrogen-bond donors (Lipinski definition) is 1. The summed E-state index contributed by atoms with van der Waals surface area (Å²) in [4.78, 5) is 11.6. The number of carboxylic acids is 1. The summed E-state index contributed by atoms with van der Waals surface area (Å²) >= 11 is 9.55. The number of carbonyl (C=O) groups is 1. The second-order valence-electron chi connectivity index (χ2n) is 4.57. The highest BCUT2D eigenvalue weighted by Gasteiger charge is 2.42. The van der Waals surface area contributed by atoms with Crippen molar-refractivity contribution in [1.29, 1.82) is 0 Å². The van der Waals surface area contributed by atoms with E-state index < -0.39 is 11.4 Å². The first-order valence-corrected chi connectivity index (χ1v) is 6.92. The molecule has 2 nitrogen and oxygen atoms in total. The third-order valence-corrected chi connectivity index (χ3v) is 4.37. The van der Waals surface area contributed by atoms with Crippen molar-refractivity contribution in [2.24, 2.45) is 0 Å². The van der Waals surface area contributed by atoms with E-state index in [0.29, 0.717) is 17.9 Å². The van der Waals surface area contributed by atoms with Gasteiger partial charge in [0.05, 0.1) is 5.41 Å². The lowest BCUT2D eigenvalue weighted by Gasteiger charge is -2.34. The van der Waals surface area contributed by atoms with Crippen LogP contribution in [0.25, 0.3) is 0 Å². The number of halogens is 2. The first-order valence-electron chi connectivity index (χ1n) is 5.75. The summed E-state index contributed by atoms with van der Waals surface area (Å²) in [6, 6.07) is 5.47. The van der Waals surface area contributed by atoms with Gasteiger partial charge < -0.3 is 5.11 Å². The fraction of sp³-hybridized carbons (Fsp3) is 0.462. The molecule has 1 aliphatic rings. The van der Waals surface area contributed by atoms with Crippen molar-refractivity contribution in [1.82, 2.24) is 0 Å². The summed E-state index contributed by atoms with van der Waals surface area (Å²) in [5, 5.41) is 10.1. The van der Waals surface area contributed by atoms with Crippen molar-refractivity contribution < 1.29 is 9.90 Å². The van der Waals surface area contributed by atoms with Crippen LogP contribution < -0.4 is 0 Å². The molecule has 0 aliphatic heterocycles. The molecule has 0 heterocycles. The summed E-state index contributed by atoms with van der Waals surface area (Å²) in [6.07, 6.45) is 4.40. The number of carboxylic acid groups (broad SMARTS) is 1. The van der Waals surface area contributed by atoms with Crippen LogP contribution in [-0.2, 0) is 10.2 Å². The highest BCUT2D eigenvalue weighted by Crippen LogP contribution is 2.43. The van der Waals surface area contributed by atoms with Gasteiger partial charge in [-0.15, -0.1) is 0 Å². The molecule has 17 heavy (non-hydrogen) atoms. The lowest BCUT2D eigenvalue weighted by molar-refractivity contribution is -0.145. The SMILES string of the molecule is O=C(O)C1(c2ccc(Br)cc2Cl)CCCCC1. The highest BCUT2D eigenvalue weighted by molar-refractivity contribution is 9.10. The largest absolute Gasteiger partial charge is 0.481 e. The fourth-order valence-electron chi connectivity index (χ4n) is 2.63. The average Bonchev–Trinajstić information content (AvgIpc) is 2.29. The monoisotopic (exact) mass is 316 g/mol. The zero-order valence-corrected chi connectivity index (χ0v) is 11.7. The van der Waals surface area contributed by atoms with E-state index >= 15 is 0 Å². The van der Waals surface area contributed by atoms with Gasteiger partial charge in [-0.25, -0.2) is 0 Å². The molecule has 1 N–H and O–H groups in total. The fourth-order valence-corrected chi connectivity index (χ4v) is 3.49. The van der Waals surface area contributed by atoms with Crippen molar-refractivity contribution >= 4 is 33.5 Å². The third-order valence-electron chi connectivity index (χ3n) is 3.56. The van der Waals surface area contributed by atoms with Gasteiger partial charge in [-0.2, -0.15) is 0 Å². The second-order valence-corrected chi connectivity index (χ2v) is 5.89. The van der Waals surface area contributed by atoms with Gasteiger partial charge in [-0.1, -0.05) is 52.9 Å². The Morgan fingerprint density at radius 3 is 2.47 bits per heavy atom. The summed E-state index contributed by atoms with van der Waals surface area (Å²) in [7, 11) is 0. The van der Waals surface area contributed by atoms with E-state index in [1.807, 2.05) is 12.1 Å². The van der Waals surface area contributed by atoms with Crippen molar-refractivity contribution in [2.75, 3.05) is 0 Å². The molecule has 4 heteroatoms. The number of rotatable bonds is 2. The summed E-state index contributed by atoms with van der Waals surface area (Å²) in [6.45, 7) is 0. The van der Waals surface area contributed by atoms with Crippen molar-refractivity contribution in [2.45, 2.75) is 37.5 Å². The molecule has 0 aromatic heterocycles. The van der Waals surface area contributed by atoms with Gasteiger partial charge in [0.2, 0.25) is 0 Å². The molecule has 1 aromatic carbocycles. The van der Waals surface area contributed by atoms with Gasteiger partial charge in [0.1, 0.15) is 0 Å². The predicted octanol–water partition coefficient (Wildman–Crippen LogP) is 4.39. The van der Waals surface area contributed by atoms with Crippen molar-refractivity contribution in [3.05, 3.63) is 33.3 Å². The lowest BCUT2D eigenvalue weighted by atomic mass is 9.69. The van der Waals surface area contributed by atoms with Crippen molar-refractivity contribution in [3.63, 3.8) is 0 Å². The molecule has 0 amide bonds. The average molecular weight is 318 g/mol. The summed E-state index contributed by atoms with van der Waals surface area (Å²) in [5.74, 6) is -0.749. The minimum absolute atomic E-state index is 0.545. The molecule has 1 fully saturated rings. The smallest absolute Gasteiger partial charge is 0.314 e.